The third-order valence-corrected chi connectivity index (χ3v) is 5.52. The van der Waals surface area contributed by atoms with Crippen molar-refractivity contribution in [2.75, 3.05) is 13.1 Å². The molecule has 1 N–H and O–H groups in total. The maximum Gasteiger partial charge on any atom is 0.291 e. The predicted molar refractivity (Wildman–Crippen MR) is 112 cm³/mol. The zero-order valence-electron chi connectivity index (χ0n) is 18.0. The van der Waals surface area contributed by atoms with Crippen molar-refractivity contribution in [3.63, 3.8) is 0 Å². The summed E-state index contributed by atoms with van der Waals surface area (Å²) in [7, 11) is 0. The molecule has 1 atom stereocenters. The SMILES string of the molecule is Cc1nc(C)c(C(=O)N2CCC[C@H](Cn3cc(C(=O)NCc4ccccc4F)nn3)C2)o1. The fourth-order valence-electron chi connectivity index (χ4n) is 3.94. The van der Waals surface area contributed by atoms with Crippen LogP contribution in [-0.2, 0) is 13.1 Å². The first-order valence-corrected chi connectivity index (χ1v) is 10.6. The normalized spacial score (nSPS) is 16.2. The number of nitrogens with one attached hydrogen (secondary N) is 1. The molecule has 0 spiro atoms. The molecule has 10 heteroatoms. The van der Waals surface area contributed by atoms with Gasteiger partial charge >= 0.3 is 0 Å². The summed E-state index contributed by atoms with van der Waals surface area (Å²) in [6, 6.07) is 6.27. The Kier molecular flexibility index (Phi) is 6.29. The molecule has 0 radical (unpaired) electrons. The Morgan fingerprint density at radius 3 is 2.84 bits per heavy atom. The van der Waals surface area contributed by atoms with Crippen LogP contribution >= 0.6 is 0 Å². The smallest absolute Gasteiger partial charge is 0.291 e. The highest BCUT2D eigenvalue weighted by Crippen LogP contribution is 2.21. The molecule has 0 bridgehead atoms. The summed E-state index contributed by atoms with van der Waals surface area (Å²) >= 11 is 0. The molecule has 1 fully saturated rings. The standard InChI is InChI=1S/C22H25FN6O3/c1-14-20(32-15(2)25-14)22(31)28-9-5-6-16(11-28)12-29-13-19(26-27-29)21(30)24-10-17-7-3-4-8-18(17)23/h3-4,7-8,13,16H,5-6,9-12H2,1-2H3,(H,24,30)/t16-/m0/s1. The number of carbonyl (C=O) groups excluding carboxylic acids is 2. The number of benzene rings is 1. The molecule has 0 aliphatic carbocycles. The van der Waals surface area contributed by atoms with Crippen molar-refractivity contribution < 1.29 is 18.4 Å². The van der Waals surface area contributed by atoms with Crippen molar-refractivity contribution >= 4 is 11.8 Å². The summed E-state index contributed by atoms with van der Waals surface area (Å²) in [4.78, 5) is 31.1. The van der Waals surface area contributed by atoms with E-state index in [0.717, 1.165) is 12.8 Å². The van der Waals surface area contributed by atoms with Crippen LogP contribution in [0, 0.1) is 25.6 Å². The number of nitrogens with zero attached hydrogens (tertiary/aromatic N) is 5. The van der Waals surface area contributed by atoms with Gasteiger partial charge in [-0.2, -0.15) is 0 Å². The highest BCUT2D eigenvalue weighted by atomic mass is 19.1. The third-order valence-electron chi connectivity index (χ3n) is 5.52. The fraction of sp³-hybridized carbons (Fsp3) is 0.409. The van der Waals surface area contributed by atoms with E-state index in [0.29, 0.717) is 36.8 Å². The van der Waals surface area contributed by atoms with Gasteiger partial charge in [0.2, 0.25) is 5.76 Å². The predicted octanol–water partition coefficient (Wildman–Crippen LogP) is 2.50. The fourth-order valence-corrected chi connectivity index (χ4v) is 3.94. The molecule has 4 rings (SSSR count). The van der Waals surface area contributed by atoms with Crippen LogP contribution < -0.4 is 5.32 Å². The maximum absolute atomic E-state index is 13.7. The Morgan fingerprint density at radius 1 is 1.28 bits per heavy atom. The van der Waals surface area contributed by atoms with Gasteiger partial charge in [-0.1, -0.05) is 23.4 Å². The van der Waals surface area contributed by atoms with Gasteiger partial charge in [-0.15, -0.1) is 5.10 Å². The van der Waals surface area contributed by atoms with Crippen molar-refractivity contribution in [1.29, 1.82) is 0 Å². The molecule has 1 aromatic carbocycles. The van der Waals surface area contributed by atoms with Crippen LogP contribution in [0.25, 0.3) is 0 Å². The molecule has 32 heavy (non-hydrogen) atoms. The van der Waals surface area contributed by atoms with E-state index < -0.39 is 5.91 Å². The molecule has 1 saturated heterocycles. The van der Waals surface area contributed by atoms with Crippen LogP contribution in [0.15, 0.2) is 34.9 Å². The highest BCUT2D eigenvalue weighted by Gasteiger charge is 2.28. The van der Waals surface area contributed by atoms with Gasteiger partial charge in [0.25, 0.3) is 11.8 Å². The first-order valence-electron chi connectivity index (χ1n) is 10.6. The first kappa shape index (κ1) is 21.7. The van der Waals surface area contributed by atoms with Crippen molar-refractivity contribution in [2.24, 2.45) is 5.92 Å². The number of hydrogen-bond donors (Lipinski definition) is 1. The van der Waals surface area contributed by atoms with Gasteiger partial charge in [-0.25, -0.2) is 9.37 Å². The van der Waals surface area contributed by atoms with E-state index in [1.807, 2.05) is 0 Å². The Bertz CT molecular complexity index is 1120. The summed E-state index contributed by atoms with van der Waals surface area (Å²) in [6.45, 7) is 5.31. The lowest BCUT2D eigenvalue weighted by Gasteiger charge is -2.32. The van der Waals surface area contributed by atoms with E-state index in [9.17, 15) is 14.0 Å². The lowest BCUT2D eigenvalue weighted by molar-refractivity contribution is 0.0625. The van der Waals surface area contributed by atoms with Gasteiger partial charge < -0.3 is 14.6 Å². The Hall–Kier alpha value is -3.56. The van der Waals surface area contributed by atoms with Crippen LogP contribution in [0.5, 0.6) is 0 Å². The quantitative estimate of drug-likeness (QED) is 0.631. The third kappa shape index (κ3) is 4.84. The molecule has 1 aliphatic rings. The van der Waals surface area contributed by atoms with E-state index >= 15 is 0 Å². The molecule has 1 aliphatic heterocycles. The molecule has 0 saturated carbocycles. The number of aromatic nitrogens is 4. The van der Waals surface area contributed by atoms with E-state index in [1.54, 1.807) is 47.8 Å². The minimum atomic E-state index is -0.420. The van der Waals surface area contributed by atoms with E-state index in [4.69, 9.17) is 4.42 Å². The summed E-state index contributed by atoms with van der Waals surface area (Å²) in [5, 5.41) is 10.6. The van der Waals surface area contributed by atoms with Crippen LogP contribution in [0.1, 0.15) is 51.0 Å². The first-order chi connectivity index (χ1) is 15.4. The van der Waals surface area contributed by atoms with Crippen molar-refractivity contribution in [2.45, 2.75) is 39.8 Å². The van der Waals surface area contributed by atoms with Crippen LogP contribution in [0.2, 0.25) is 0 Å². The molecular formula is C22H25FN6O3. The maximum atomic E-state index is 13.7. The van der Waals surface area contributed by atoms with Crippen molar-refractivity contribution in [1.82, 2.24) is 30.2 Å². The monoisotopic (exact) mass is 440 g/mol. The number of rotatable bonds is 6. The number of oxazole rings is 1. The van der Waals surface area contributed by atoms with E-state index in [1.165, 1.54) is 6.07 Å². The van der Waals surface area contributed by atoms with Crippen LogP contribution in [-0.4, -0.2) is 49.8 Å². The van der Waals surface area contributed by atoms with Gasteiger partial charge in [-0.3, -0.25) is 14.3 Å². The van der Waals surface area contributed by atoms with Crippen molar-refractivity contribution in [3.05, 3.63) is 64.9 Å². The molecule has 3 aromatic rings. The minimum absolute atomic E-state index is 0.0680. The largest absolute Gasteiger partial charge is 0.436 e. The van der Waals surface area contributed by atoms with Crippen LogP contribution in [0.3, 0.4) is 0 Å². The molecule has 2 amide bonds. The zero-order chi connectivity index (χ0) is 22.7. The lowest BCUT2D eigenvalue weighted by Crippen LogP contribution is -2.41. The number of likely N-dealkylation sites (tertiary alicyclic amines) is 1. The Morgan fingerprint density at radius 2 is 2.09 bits per heavy atom. The molecule has 2 aromatic heterocycles. The van der Waals surface area contributed by atoms with Crippen molar-refractivity contribution in [3.8, 4) is 0 Å². The van der Waals surface area contributed by atoms with Gasteiger partial charge in [0, 0.05) is 38.7 Å². The Balaban J connectivity index is 1.33. The molecule has 0 unspecified atom stereocenters. The highest BCUT2D eigenvalue weighted by molar-refractivity contribution is 5.92. The average molecular weight is 440 g/mol. The van der Waals surface area contributed by atoms with Gasteiger partial charge in [0.15, 0.2) is 11.6 Å². The second kappa shape index (κ2) is 9.29. The molecule has 168 valence electrons. The second-order valence-electron chi connectivity index (χ2n) is 8.01. The number of hydrogen-bond acceptors (Lipinski definition) is 6. The zero-order valence-corrected chi connectivity index (χ0v) is 18.0. The summed E-state index contributed by atoms with van der Waals surface area (Å²) in [6.07, 6.45) is 3.38. The number of piperidine rings is 1. The summed E-state index contributed by atoms with van der Waals surface area (Å²) < 4.78 is 20.8. The summed E-state index contributed by atoms with van der Waals surface area (Å²) in [5.41, 5.74) is 1.16. The topological polar surface area (TPSA) is 106 Å². The number of halogens is 1. The lowest BCUT2D eigenvalue weighted by atomic mass is 9.98. The van der Waals surface area contributed by atoms with Gasteiger partial charge in [-0.05, 0) is 31.7 Å². The second-order valence-corrected chi connectivity index (χ2v) is 8.01. The van der Waals surface area contributed by atoms with Gasteiger partial charge in [0.05, 0.1) is 11.9 Å². The Labute approximate surface area is 184 Å². The summed E-state index contributed by atoms with van der Waals surface area (Å²) in [5.74, 6) is -0.00662. The number of aryl methyl sites for hydroxylation is 2. The average Bonchev–Trinajstić information content (AvgIpc) is 3.38. The molecule has 9 nitrogen and oxygen atoms in total. The number of amides is 2. The minimum Gasteiger partial charge on any atom is -0.436 e. The van der Waals surface area contributed by atoms with E-state index in [2.05, 4.69) is 20.6 Å². The van der Waals surface area contributed by atoms with E-state index in [-0.39, 0.29) is 35.6 Å². The molecular weight excluding hydrogens is 415 g/mol. The number of carbonyl (C=O) groups is 2. The van der Waals surface area contributed by atoms with Crippen LogP contribution in [0.4, 0.5) is 4.39 Å². The van der Waals surface area contributed by atoms with Gasteiger partial charge in [0.1, 0.15) is 5.82 Å². The molecule has 3 heterocycles.